The van der Waals surface area contributed by atoms with Gasteiger partial charge in [0.25, 0.3) is 0 Å². The van der Waals surface area contributed by atoms with Gasteiger partial charge in [0.15, 0.2) is 0 Å². The lowest BCUT2D eigenvalue weighted by molar-refractivity contribution is -0.123. The van der Waals surface area contributed by atoms with Crippen LogP contribution in [0.25, 0.3) is 0 Å². The SMILES string of the molecule is O=C(Cn1cccn1)N[C@@H]1c2ccccc2C[C@@H]1O. The average molecular weight is 257 g/mol. The molecule has 1 amide bonds. The molecule has 1 aliphatic carbocycles. The molecule has 1 aliphatic rings. The van der Waals surface area contributed by atoms with Crippen LogP contribution < -0.4 is 5.32 Å². The van der Waals surface area contributed by atoms with E-state index in [9.17, 15) is 9.90 Å². The Balaban J connectivity index is 1.71. The van der Waals surface area contributed by atoms with Crippen molar-refractivity contribution in [2.75, 3.05) is 0 Å². The summed E-state index contributed by atoms with van der Waals surface area (Å²) in [5, 5.41) is 16.9. The van der Waals surface area contributed by atoms with Crippen LogP contribution in [0.1, 0.15) is 17.2 Å². The zero-order valence-electron chi connectivity index (χ0n) is 10.4. The van der Waals surface area contributed by atoms with Gasteiger partial charge in [-0.15, -0.1) is 0 Å². The largest absolute Gasteiger partial charge is 0.390 e. The van der Waals surface area contributed by atoms with Crippen LogP contribution in [0.2, 0.25) is 0 Å². The Morgan fingerprint density at radius 3 is 3.05 bits per heavy atom. The number of benzene rings is 1. The molecule has 19 heavy (non-hydrogen) atoms. The molecule has 3 rings (SSSR count). The van der Waals surface area contributed by atoms with E-state index in [0.29, 0.717) is 6.42 Å². The molecule has 1 aromatic heterocycles. The highest BCUT2D eigenvalue weighted by Gasteiger charge is 2.31. The van der Waals surface area contributed by atoms with Gasteiger partial charge in [-0.2, -0.15) is 5.10 Å². The van der Waals surface area contributed by atoms with Crippen LogP contribution >= 0.6 is 0 Å². The number of hydrogen-bond acceptors (Lipinski definition) is 3. The van der Waals surface area contributed by atoms with Gasteiger partial charge in [-0.1, -0.05) is 24.3 Å². The number of nitrogens with zero attached hydrogens (tertiary/aromatic N) is 2. The molecule has 1 heterocycles. The molecule has 0 saturated heterocycles. The van der Waals surface area contributed by atoms with Crippen molar-refractivity contribution in [2.45, 2.75) is 25.1 Å². The number of nitrogens with one attached hydrogen (secondary N) is 1. The lowest BCUT2D eigenvalue weighted by atomic mass is 10.1. The van der Waals surface area contributed by atoms with Gasteiger partial charge in [0.1, 0.15) is 6.54 Å². The van der Waals surface area contributed by atoms with Crippen LogP contribution in [0.4, 0.5) is 0 Å². The Bertz CT molecular complexity index is 580. The van der Waals surface area contributed by atoms with E-state index in [1.807, 2.05) is 24.3 Å². The molecule has 0 radical (unpaired) electrons. The highest BCUT2D eigenvalue weighted by atomic mass is 16.3. The number of aromatic nitrogens is 2. The van der Waals surface area contributed by atoms with Crippen molar-refractivity contribution in [2.24, 2.45) is 0 Å². The normalized spacial score (nSPS) is 21.1. The number of carbonyl (C=O) groups is 1. The van der Waals surface area contributed by atoms with Crippen molar-refractivity contribution in [3.05, 3.63) is 53.9 Å². The topological polar surface area (TPSA) is 67.2 Å². The van der Waals surface area contributed by atoms with Crippen molar-refractivity contribution < 1.29 is 9.90 Å². The average Bonchev–Trinajstić information content (AvgIpc) is 2.99. The van der Waals surface area contributed by atoms with E-state index in [1.165, 1.54) is 0 Å². The first kappa shape index (κ1) is 11.9. The fourth-order valence-electron chi connectivity index (χ4n) is 2.51. The number of amides is 1. The van der Waals surface area contributed by atoms with Crippen molar-refractivity contribution >= 4 is 5.91 Å². The Morgan fingerprint density at radius 1 is 1.42 bits per heavy atom. The summed E-state index contributed by atoms with van der Waals surface area (Å²) in [5.74, 6) is -0.149. The Labute approximate surface area is 110 Å². The van der Waals surface area contributed by atoms with Gasteiger partial charge in [-0.25, -0.2) is 0 Å². The standard InChI is InChI=1S/C14H15N3O2/c18-12-8-10-4-1-2-5-11(10)14(12)16-13(19)9-17-7-3-6-15-17/h1-7,12,14,18H,8-9H2,(H,16,19)/t12-,14+/m0/s1. The molecule has 1 aromatic carbocycles. The van der Waals surface area contributed by atoms with E-state index in [2.05, 4.69) is 10.4 Å². The Kier molecular flexibility index (Phi) is 3.05. The first-order valence-corrected chi connectivity index (χ1v) is 6.27. The third-order valence-corrected chi connectivity index (χ3v) is 3.39. The second-order valence-corrected chi connectivity index (χ2v) is 4.72. The molecule has 5 heteroatoms. The maximum absolute atomic E-state index is 11.9. The monoisotopic (exact) mass is 257 g/mol. The van der Waals surface area contributed by atoms with Crippen LogP contribution in [0, 0.1) is 0 Å². The lowest BCUT2D eigenvalue weighted by Crippen LogP contribution is -2.36. The number of rotatable bonds is 3. The number of fused-ring (bicyclic) bond motifs is 1. The number of aliphatic hydroxyl groups is 1. The van der Waals surface area contributed by atoms with Gasteiger partial charge in [0.2, 0.25) is 5.91 Å². The molecule has 0 bridgehead atoms. The summed E-state index contributed by atoms with van der Waals surface area (Å²) < 4.78 is 1.56. The summed E-state index contributed by atoms with van der Waals surface area (Å²) in [6.45, 7) is 0.165. The molecule has 5 nitrogen and oxygen atoms in total. The van der Waals surface area contributed by atoms with Crippen LogP contribution in [0.5, 0.6) is 0 Å². The molecule has 0 unspecified atom stereocenters. The van der Waals surface area contributed by atoms with Crippen molar-refractivity contribution in [1.29, 1.82) is 0 Å². The highest BCUT2D eigenvalue weighted by molar-refractivity contribution is 5.76. The summed E-state index contributed by atoms with van der Waals surface area (Å²) in [6, 6.07) is 9.25. The molecule has 98 valence electrons. The van der Waals surface area contributed by atoms with Crippen LogP contribution in [-0.2, 0) is 17.8 Å². The van der Waals surface area contributed by atoms with Crippen molar-refractivity contribution in [3.8, 4) is 0 Å². The van der Waals surface area contributed by atoms with E-state index in [4.69, 9.17) is 0 Å². The Morgan fingerprint density at radius 2 is 2.26 bits per heavy atom. The summed E-state index contributed by atoms with van der Waals surface area (Å²) in [6.07, 6.45) is 3.40. The number of hydrogen-bond donors (Lipinski definition) is 2. The summed E-state index contributed by atoms with van der Waals surface area (Å²) in [5.41, 5.74) is 2.10. The van der Waals surface area contributed by atoms with Gasteiger partial charge >= 0.3 is 0 Å². The lowest BCUT2D eigenvalue weighted by Gasteiger charge is -2.17. The molecule has 0 aliphatic heterocycles. The molecule has 2 aromatic rings. The second kappa shape index (κ2) is 4.85. The second-order valence-electron chi connectivity index (χ2n) is 4.72. The van der Waals surface area contributed by atoms with E-state index in [1.54, 1.807) is 23.1 Å². The van der Waals surface area contributed by atoms with Crippen LogP contribution in [0.15, 0.2) is 42.7 Å². The number of aliphatic hydroxyl groups excluding tert-OH is 1. The van der Waals surface area contributed by atoms with Gasteiger partial charge in [0.05, 0.1) is 12.1 Å². The molecular formula is C14H15N3O2. The maximum Gasteiger partial charge on any atom is 0.242 e. The quantitative estimate of drug-likeness (QED) is 0.848. The fourth-order valence-corrected chi connectivity index (χ4v) is 2.51. The minimum Gasteiger partial charge on any atom is -0.390 e. The maximum atomic E-state index is 11.9. The summed E-state index contributed by atoms with van der Waals surface area (Å²) >= 11 is 0. The number of carbonyl (C=O) groups excluding carboxylic acids is 1. The van der Waals surface area contributed by atoms with Gasteiger partial charge < -0.3 is 10.4 Å². The van der Waals surface area contributed by atoms with Gasteiger partial charge in [-0.05, 0) is 17.2 Å². The summed E-state index contributed by atoms with van der Waals surface area (Å²) in [7, 11) is 0. The van der Waals surface area contributed by atoms with Crippen molar-refractivity contribution in [3.63, 3.8) is 0 Å². The van der Waals surface area contributed by atoms with Gasteiger partial charge in [-0.3, -0.25) is 9.48 Å². The fraction of sp³-hybridized carbons (Fsp3) is 0.286. The molecule has 2 atom stereocenters. The smallest absolute Gasteiger partial charge is 0.242 e. The van der Waals surface area contributed by atoms with E-state index < -0.39 is 6.10 Å². The zero-order chi connectivity index (χ0) is 13.2. The van der Waals surface area contributed by atoms with E-state index >= 15 is 0 Å². The first-order valence-electron chi connectivity index (χ1n) is 6.27. The van der Waals surface area contributed by atoms with Gasteiger partial charge in [0, 0.05) is 18.8 Å². The highest BCUT2D eigenvalue weighted by Crippen LogP contribution is 2.31. The molecular weight excluding hydrogens is 242 g/mol. The summed E-state index contributed by atoms with van der Waals surface area (Å²) in [4.78, 5) is 11.9. The first-order chi connectivity index (χ1) is 9.24. The molecule has 2 N–H and O–H groups in total. The van der Waals surface area contributed by atoms with Crippen molar-refractivity contribution in [1.82, 2.24) is 15.1 Å². The molecule has 0 saturated carbocycles. The predicted octanol–water partition coefficient (Wildman–Crippen LogP) is 0.658. The minimum atomic E-state index is -0.557. The van der Waals surface area contributed by atoms with Crippen LogP contribution in [-0.4, -0.2) is 26.9 Å². The molecule has 0 spiro atoms. The van der Waals surface area contributed by atoms with Crippen LogP contribution in [0.3, 0.4) is 0 Å². The van der Waals surface area contributed by atoms with E-state index in [-0.39, 0.29) is 18.5 Å². The molecule has 0 fully saturated rings. The third-order valence-electron chi connectivity index (χ3n) is 3.39. The zero-order valence-corrected chi connectivity index (χ0v) is 10.4. The Hall–Kier alpha value is -2.14. The minimum absolute atomic E-state index is 0.149. The van der Waals surface area contributed by atoms with E-state index in [0.717, 1.165) is 11.1 Å². The predicted molar refractivity (Wildman–Crippen MR) is 69.3 cm³/mol. The third kappa shape index (κ3) is 2.37.